The Kier molecular flexibility index (Phi) is 9.23. The Morgan fingerprint density at radius 2 is 1.79 bits per heavy atom. The lowest BCUT2D eigenvalue weighted by molar-refractivity contribution is 0.0697. The Labute approximate surface area is 173 Å². The lowest BCUT2D eigenvalue weighted by Crippen LogP contribution is -2.35. The number of nitrogens with one attached hydrogen (secondary N) is 2. The predicted octanol–water partition coefficient (Wildman–Crippen LogP) is 3.34. The third kappa shape index (κ3) is 7.48. The number of carboxylic acid groups (broad SMARTS) is 1. The summed E-state index contributed by atoms with van der Waals surface area (Å²) in [4.78, 5) is 22.8. The third-order valence-corrected chi connectivity index (χ3v) is 4.71. The van der Waals surface area contributed by atoms with Gasteiger partial charge in [0, 0.05) is 31.1 Å². The zero-order valence-corrected chi connectivity index (χ0v) is 16.7. The highest BCUT2D eigenvalue weighted by Gasteiger charge is 2.15. The molecule has 6 nitrogen and oxygen atoms in total. The van der Waals surface area contributed by atoms with Crippen molar-refractivity contribution in [2.45, 2.75) is 0 Å². The number of ether oxygens (including phenoxy) is 1. The van der Waals surface area contributed by atoms with Crippen LogP contribution >= 0.6 is 23.2 Å². The molecule has 3 N–H and O–H groups in total. The van der Waals surface area contributed by atoms with Crippen molar-refractivity contribution in [2.75, 3.05) is 32.8 Å². The van der Waals surface area contributed by atoms with Crippen molar-refractivity contribution in [1.29, 1.82) is 0 Å². The minimum absolute atomic E-state index is 0.108. The van der Waals surface area contributed by atoms with Crippen LogP contribution in [0.3, 0.4) is 0 Å². The van der Waals surface area contributed by atoms with Crippen LogP contribution in [-0.4, -0.2) is 49.8 Å². The lowest BCUT2D eigenvalue weighted by atomic mass is 10.1. The number of hydrogen-bond donors (Lipinski definition) is 3. The second-order valence-electron chi connectivity index (χ2n) is 6.16. The summed E-state index contributed by atoms with van der Waals surface area (Å²) in [7, 11) is 0. The number of aromatic carboxylic acids is 1. The monoisotopic (exact) mass is 424 g/mol. The molecule has 1 saturated heterocycles. The van der Waals surface area contributed by atoms with Gasteiger partial charge in [0.05, 0.1) is 28.8 Å². The molecule has 0 aromatic heterocycles. The van der Waals surface area contributed by atoms with E-state index in [0.29, 0.717) is 35.4 Å². The maximum absolute atomic E-state index is 12.0. The van der Waals surface area contributed by atoms with Gasteiger partial charge < -0.3 is 20.5 Å². The maximum Gasteiger partial charge on any atom is 0.335 e. The summed E-state index contributed by atoms with van der Waals surface area (Å²) in [5.74, 6) is -1.08. The molecule has 1 aliphatic rings. The molecular weight excluding hydrogens is 403 g/mol. The summed E-state index contributed by atoms with van der Waals surface area (Å²) in [5.41, 5.74) is 0.463. The van der Waals surface area contributed by atoms with Gasteiger partial charge in [0.2, 0.25) is 0 Å². The van der Waals surface area contributed by atoms with E-state index in [4.69, 9.17) is 33.0 Å². The van der Waals surface area contributed by atoms with Gasteiger partial charge in [0.15, 0.2) is 0 Å². The van der Waals surface area contributed by atoms with Crippen molar-refractivity contribution in [3.05, 3.63) is 69.7 Å². The molecule has 1 fully saturated rings. The summed E-state index contributed by atoms with van der Waals surface area (Å²) >= 11 is 11.2. The topological polar surface area (TPSA) is 87.7 Å². The molecule has 2 aromatic carbocycles. The van der Waals surface area contributed by atoms with Gasteiger partial charge in [0.25, 0.3) is 5.91 Å². The van der Waals surface area contributed by atoms with Crippen molar-refractivity contribution >= 4 is 35.1 Å². The first-order valence-corrected chi connectivity index (χ1v) is 9.53. The average molecular weight is 425 g/mol. The quantitative estimate of drug-likeness (QED) is 0.700. The Hall–Kier alpha value is -2.12. The molecule has 1 atom stereocenters. The van der Waals surface area contributed by atoms with Gasteiger partial charge in [0.1, 0.15) is 0 Å². The molecule has 1 amide bonds. The van der Waals surface area contributed by atoms with Gasteiger partial charge in [-0.25, -0.2) is 4.79 Å². The van der Waals surface area contributed by atoms with Crippen LogP contribution in [0.25, 0.3) is 0 Å². The van der Waals surface area contributed by atoms with Crippen molar-refractivity contribution in [2.24, 2.45) is 5.92 Å². The number of halogens is 2. The Morgan fingerprint density at radius 3 is 2.43 bits per heavy atom. The second-order valence-corrected chi connectivity index (χ2v) is 6.97. The lowest BCUT2D eigenvalue weighted by Gasteiger charge is -2.14. The van der Waals surface area contributed by atoms with Gasteiger partial charge in [-0.3, -0.25) is 4.79 Å². The smallest absolute Gasteiger partial charge is 0.335 e. The summed E-state index contributed by atoms with van der Waals surface area (Å²) in [6.45, 7) is 3.43. The number of carbonyl (C=O) groups is 2. The van der Waals surface area contributed by atoms with E-state index in [-0.39, 0.29) is 17.4 Å². The van der Waals surface area contributed by atoms with Crippen LogP contribution in [0.1, 0.15) is 20.7 Å². The van der Waals surface area contributed by atoms with Gasteiger partial charge in [-0.2, -0.15) is 0 Å². The molecule has 150 valence electrons. The Balaban J connectivity index is 0.000000292. The van der Waals surface area contributed by atoms with Gasteiger partial charge in [-0.15, -0.1) is 0 Å². The molecule has 28 heavy (non-hydrogen) atoms. The van der Waals surface area contributed by atoms with Crippen LogP contribution < -0.4 is 10.6 Å². The summed E-state index contributed by atoms with van der Waals surface area (Å²) < 4.78 is 5.40. The van der Waals surface area contributed by atoms with Crippen LogP contribution in [0.4, 0.5) is 0 Å². The number of benzene rings is 2. The number of hydrogen-bond acceptors (Lipinski definition) is 4. The van der Waals surface area contributed by atoms with Crippen LogP contribution in [0.2, 0.25) is 10.0 Å². The summed E-state index contributed by atoms with van der Waals surface area (Å²) in [5, 5.41) is 16.2. The zero-order chi connectivity index (χ0) is 20.4. The minimum atomic E-state index is -1.04. The van der Waals surface area contributed by atoms with Gasteiger partial charge in [-0.05, 0) is 30.3 Å². The van der Waals surface area contributed by atoms with E-state index < -0.39 is 5.97 Å². The molecule has 1 heterocycles. The molecule has 0 radical (unpaired) electrons. The molecular formula is C20H22Cl2N2O4. The number of carboxylic acids is 1. The zero-order valence-electron chi connectivity index (χ0n) is 15.2. The van der Waals surface area contributed by atoms with E-state index in [1.54, 1.807) is 24.3 Å². The Bertz CT molecular complexity index is 772. The third-order valence-electron chi connectivity index (χ3n) is 3.96. The minimum Gasteiger partial charge on any atom is -0.478 e. The molecule has 8 heteroatoms. The fourth-order valence-corrected chi connectivity index (χ4v) is 2.73. The van der Waals surface area contributed by atoms with E-state index in [1.807, 2.05) is 12.1 Å². The van der Waals surface area contributed by atoms with Crippen molar-refractivity contribution < 1.29 is 19.4 Å². The summed E-state index contributed by atoms with van der Waals surface area (Å²) in [6, 6.07) is 13.2. The molecule has 1 aliphatic heterocycles. The Morgan fingerprint density at radius 1 is 1.11 bits per heavy atom. The van der Waals surface area contributed by atoms with Gasteiger partial charge in [-0.1, -0.05) is 41.4 Å². The van der Waals surface area contributed by atoms with Crippen molar-refractivity contribution in [3.63, 3.8) is 0 Å². The van der Waals surface area contributed by atoms with Crippen LogP contribution in [0.5, 0.6) is 0 Å². The molecule has 0 bridgehead atoms. The van der Waals surface area contributed by atoms with E-state index in [2.05, 4.69) is 10.6 Å². The number of rotatable bonds is 4. The summed E-state index contributed by atoms with van der Waals surface area (Å²) in [6.07, 6.45) is 0. The molecule has 0 aliphatic carbocycles. The first kappa shape index (κ1) is 22.2. The van der Waals surface area contributed by atoms with Crippen LogP contribution in [0, 0.1) is 5.92 Å². The van der Waals surface area contributed by atoms with Crippen LogP contribution in [-0.2, 0) is 4.74 Å². The first-order valence-electron chi connectivity index (χ1n) is 8.77. The molecule has 2 aromatic rings. The van der Waals surface area contributed by atoms with E-state index in [1.165, 1.54) is 12.1 Å². The van der Waals surface area contributed by atoms with Crippen molar-refractivity contribution in [1.82, 2.24) is 10.6 Å². The SMILES string of the molecule is Clc1ccccc1Cl.O=C(O)c1cccc(C(=O)NCC2CNCCOC2)c1. The fourth-order valence-electron chi connectivity index (χ4n) is 2.46. The highest BCUT2D eigenvalue weighted by Crippen LogP contribution is 2.19. The van der Waals surface area contributed by atoms with E-state index >= 15 is 0 Å². The molecule has 3 rings (SSSR count). The normalized spacial score (nSPS) is 16.3. The largest absolute Gasteiger partial charge is 0.478 e. The standard InChI is InChI=1S/C14H18N2O4.C6H4Cl2/c17-13(11-2-1-3-12(6-11)14(18)19)16-8-10-7-15-4-5-20-9-10;7-5-3-1-2-4-6(5)8/h1-3,6,10,15H,4-5,7-9H2,(H,16,17)(H,18,19);1-4H. The highest BCUT2D eigenvalue weighted by atomic mass is 35.5. The second kappa shape index (κ2) is 11.7. The average Bonchev–Trinajstić information content (AvgIpc) is 2.98. The molecule has 0 saturated carbocycles. The number of carbonyl (C=O) groups excluding carboxylic acids is 1. The fraction of sp³-hybridized carbons (Fsp3) is 0.300. The molecule has 0 spiro atoms. The molecule has 1 unspecified atom stereocenters. The van der Waals surface area contributed by atoms with E-state index in [9.17, 15) is 9.59 Å². The van der Waals surface area contributed by atoms with Crippen LogP contribution in [0.15, 0.2) is 48.5 Å². The first-order chi connectivity index (χ1) is 13.5. The van der Waals surface area contributed by atoms with E-state index in [0.717, 1.165) is 13.1 Å². The highest BCUT2D eigenvalue weighted by molar-refractivity contribution is 6.41. The predicted molar refractivity (Wildman–Crippen MR) is 109 cm³/mol. The van der Waals surface area contributed by atoms with Crippen molar-refractivity contribution in [3.8, 4) is 0 Å². The van der Waals surface area contributed by atoms with Gasteiger partial charge >= 0.3 is 5.97 Å². The number of amides is 1. The maximum atomic E-state index is 12.0.